The molecule has 0 aliphatic heterocycles. The molecule has 0 spiro atoms. The summed E-state index contributed by atoms with van der Waals surface area (Å²) in [6, 6.07) is 6.86. The minimum Gasteiger partial charge on any atom is -0.410 e. The van der Waals surface area contributed by atoms with Crippen molar-refractivity contribution >= 4 is 23.1 Å². The fraction of sp³-hybridized carbons (Fsp3) is 0.154. The zero-order valence-corrected chi connectivity index (χ0v) is 11.4. The maximum absolute atomic E-state index is 11.8. The Morgan fingerprint density at radius 1 is 1.38 bits per heavy atom. The number of carbonyl (C=O) groups is 2. The van der Waals surface area contributed by atoms with Crippen molar-refractivity contribution in [3.63, 3.8) is 0 Å². The standard InChI is InChI=1S/C13H13N5O3/c1-8(19)12(17-21)13(20)15-10-5-3-4-9(6-10)11-7-14-18(2)16-11/h3-7,21H,1-2H3,(H,15,20)/b17-12-. The predicted octanol–water partition coefficient (Wildman–Crippen LogP) is 0.840. The van der Waals surface area contributed by atoms with E-state index in [1.165, 1.54) is 4.80 Å². The van der Waals surface area contributed by atoms with Gasteiger partial charge in [0.2, 0.25) is 5.71 Å². The van der Waals surface area contributed by atoms with Crippen LogP contribution in [0.5, 0.6) is 0 Å². The summed E-state index contributed by atoms with van der Waals surface area (Å²) in [7, 11) is 1.70. The molecule has 0 fully saturated rings. The second kappa shape index (κ2) is 5.95. The maximum atomic E-state index is 11.8. The zero-order chi connectivity index (χ0) is 15.4. The largest absolute Gasteiger partial charge is 0.410 e. The van der Waals surface area contributed by atoms with Crippen LogP contribution in [0.1, 0.15) is 6.92 Å². The monoisotopic (exact) mass is 287 g/mol. The number of rotatable bonds is 4. The molecule has 8 heteroatoms. The minimum atomic E-state index is -0.777. The second-order valence-electron chi connectivity index (χ2n) is 4.26. The third kappa shape index (κ3) is 3.30. The summed E-state index contributed by atoms with van der Waals surface area (Å²) in [5, 5.41) is 22.0. The molecule has 1 amide bonds. The number of aryl methyl sites for hydroxylation is 1. The SMILES string of the molecule is CC(=O)/C(=N/O)C(=O)Nc1cccc(-c2cnn(C)n2)c1. The highest BCUT2D eigenvalue weighted by molar-refractivity contribution is 6.67. The molecule has 0 radical (unpaired) electrons. The van der Waals surface area contributed by atoms with Gasteiger partial charge in [0, 0.05) is 25.2 Å². The highest BCUT2D eigenvalue weighted by atomic mass is 16.4. The molecular formula is C13H13N5O3. The van der Waals surface area contributed by atoms with Crippen LogP contribution >= 0.6 is 0 Å². The van der Waals surface area contributed by atoms with Gasteiger partial charge in [0.15, 0.2) is 5.78 Å². The van der Waals surface area contributed by atoms with E-state index in [1.807, 2.05) is 6.07 Å². The second-order valence-corrected chi connectivity index (χ2v) is 4.26. The Labute approximate surface area is 120 Å². The third-order valence-electron chi connectivity index (χ3n) is 2.66. The van der Waals surface area contributed by atoms with Gasteiger partial charge < -0.3 is 10.5 Å². The van der Waals surface area contributed by atoms with Crippen LogP contribution in [0.25, 0.3) is 11.3 Å². The van der Waals surface area contributed by atoms with Crippen molar-refractivity contribution in [2.24, 2.45) is 12.2 Å². The molecule has 0 bridgehead atoms. The maximum Gasteiger partial charge on any atom is 0.281 e. The number of nitrogens with zero attached hydrogens (tertiary/aromatic N) is 4. The van der Waals surface area contributed by atoms with E-state index in [9.17, 15) is 9.59 Å². The number of nitrogens with one attached hydrogen (secondary N) is 1. The Balaban J connectivity index is 2.22. The molecular weight excluding hydrogens is 274 g/mol. The van der Waals surface area contributed by atoms with Crippen LogP contribution in [0.3, 0.4) is 0 Å². The summed E-state index contributed by atoms with van der Waals surface area (Å²) >= 11 is 0. The number of anilines is 1. The van der Waals surface area contributed by atoms with E-state index in [0.29, 0.717) is 11.4 Å². The van der Waals surface area contributed by atoms with Crippen molar-refractivity contribution in [2.45, 2.75) is 6.92 Å². The molecule has 21 heavy (non-hydrogen) atoms. The molecule has 1 aromatic heterocycles. The summed E-state index contributed by atoms with van der Waals surface area (Å²) < 4.78 is 0. The van der Waals surface area contributed by atoms with Crippen LogP contribution in [0.15, 0.2) is 35.6 Å². The van der Waals surface area contributed by atoms with Gasteiger partial charge in [-0.2, -0.15) is 15.0 Å². The molecule has 0 aliphatic carbocycles. The van der Waals surface area contributed by atoms with Crippen molar-refractivity contribution < 1.29 is 14.8 Å². The number of carbonyl (C=O) groups excluding carboxylic acids is 2. The Bertz CT molecular complexity index is 720. The van der Waals surface area contributed by atoms with Crippen molar-refractivity contribution in [3.8, 4) is 11.3 Å². The third-order valence-corrected chi connectivity index (χ3v) is 2.66. The topological polar surface area (TPSA) is 109 Å². The molecule has 1 aromatic carbocycles. The fourth-order valence-corrected chi connectivity index (χ4v) is 1.70. The van der Waals surface area contributed by atoms with Gasteiger partial charge >= 0.3 is 0 Å². The number of amides is 1. The average Bonchev–Trinajstić information content (AvgIpc) is 2.86. The first kappa shape index (κ1) is 14.4. The lowest BCUT2D eigenvalue weighted by atomic mass is 10.1. The molecule has 1 heterocycles. The molecule has 0 atom stereocenters. The van der Waals surface area contributed by atoms with Crippen LogP contribution in [0.2, 0.25) is 0 Å². The number of hydrogen-bond donors (Lipinski definition) is 2. The molecule has 0 saturated heterocycles. The summed E-state index contributed by atoms with van der Waals surface area (Å²) in [5.74, 6) is -1.40. The highest BCUT2D eigenvalue weighted by Crippen LogP contribution is 2.20. The summed E-state index contributed by atoms with van der Waals surface area (Å²) in [4.78, 5) is 24.3. The van der Waals surface area contributed by atoms with Gasteiger partial charge in [-0.05, 0) is 12.1 Å². The number of ketones is 1. The Morgan fingerprint density at radius 3 is 2.71 bits per heavy atom. The van der Waals surface area contributed by atoms with Gasteiger partial charge in [-0.3, -0.25) is 9.59 Å². The molecule has 108 valence electrons. The van der Waals surface area contributed by atoms with Crippen molar-refractivity contribution in [3.05, 3.63) is 30.5 Å². The molecule has 2 rings (SSSR count). The van der Waals surface area contributed by atoms with E-state index in [2.05, 4.69) is 20.7 Å². The number of benzene rings is 1. The van der Waals surface area contributed by atoms with Crippen LogP contribution in [0, 0.1) is 0 Å². The van der Waals surface area contributed by atoms with E-state index in [0.717, 1.165) is 12.5 Å². The first-order valence-electron chi connectivity index (χ1n) is 6.02. The first-order valence-corrected chi connectivity index (χ1v) is 6.02. The molecule has 2 N–H and O–H groups in total. The Morgan fingerprint density at radius 2 is 2.14 bits per heavy atom. The average molecular weight is 287 g/mol. The van der Waals surface area contributed by atoms with Gasteiger partial charge in [-0.25, -0.2) is 0 Å². The van der Waals surface area contributed by atoms with Crippen LogP contribution in [-0.4, -0.2) is 37.6 Å². The van der Waals surface area contributed by atoms with E-state index in [-0.39, 0.29) is 0 Å². The fourth-order valence-electron chi connectivity index (χ4n) is 1.70. The summed E-state index contributed by atoms with van der Waals surface area (Å²) in [5.41, 5.74) is 1.30. The Kier molecular flexibility index (Phi) is 4.07. The smallest absolute Gasteiger partial charge is 0.281 e. The number of aromatic nitrogens is 3. The van der Waals surface area contributed by atoms with Gasteiger partial charge in [0.25, 0.3) is 5.91 Å². The molecule has 2 aromatic rings. The lowest BCUT2D eigenvalue weighted by Gasteiger charge is -2.06. The number of hydrogen-bond acceptors (Lipinski definition) is 6. The van der Waals surface area contributed by atoms with Gasteiger partial charge in [-0.1, -0.05) is 17.3 Å². The van der Waals surface area contributed by atoms with Gasteiger partial charge in [0.1, 0.15) is 5.69 Å². The lowest BCUT2D eigenvalue weighted by Crippen LogP contribution is -2.28. The number of Topliss-reactive ketones (excluding diaryl/α,β-unsaturated/α-hetero) is 1. The molecule has 0 saturated carbocycles. The van der Waals surface area contributed by atoms with Crippen molar-refractivity contribution in [1.29, 1.82) is 0 Å². The van der Waals surface area contributed by atoms with E-state index < -0.39 is 17.4 Å². The molecule has 8 nitrogen and oxygen atoms in total. The first-order chi connectivity index (χ1) is 10.0. The van der Waals surface area contributed by atoms with Crippen LogP contribution in [0.4, 0.5) is 5.69 Å². The van der Waals surface area contributed by atoms with E-state index in [4.69, 9.17) is 5.21 Å². The van der Waals surface area contributed by atoms with E-state index in [1.54, 1.807) is 31.4 Å². The zero-order valence-electron chi connectivity index (χ0n) is 11.4. The lowest BCUT2D eigenvalue weighted by molar-refractivity contribution is -0.114. The van der Waals surface area contributed by atoms with E-state index >= 15 is 0 Å². The molecule has 0 aliphatic rings. The Hall–Kier alpha value is -3.03. The van der Waals surface area contributed by atoms with Crippen LogP contribution < -0.4 is 5.32 Å². The summed E-state index contributed by atoms with van der Waals surface area (Å²) in [6.45, 7) is 1.14. The summed E-state index contributed by atoms with van der Waals surface area (Å²) in [6.07, 6.45) is 1.59. The number of oxime groups is 1. The van der Waals surface area contributed by atoms with Crippen molar-refractivity contribution in [1.82, 2.24) is 15.0 Å². The van der Waals surface area contributed by atoms with Gasteiger partial charge in [0.05, 0.1) is 6.20 Å². The normalized spacial score (nSPS) is 11.2. The minimum absolute atomic E-state index is 0.450. The highest BCUT2D eigenvalue weighted by Gasteiger charge is 2.17. The van der Waals surface area contributed by atoms with Gasteiger partial charge in [-0.15, -0.1) is 0 Å². The van der Waals surface area contributed by atoms with Crippen molar-refractivity contribution in [2.75, 3.05) is 5.32 Å². The van der Waals surface area contributed by atoms with Crippen LogP contribution in [-0.2, 0) is 16.6 Å². The molecule has 0 unspecified atom stereocenters. The quantitative estimate of drug-likeness (QED) is 0.375. The predicted molar refractivity (Wildman–Crippen MR) is 75.0 cm³/mol.